The number of rotatable bonds is 15. The topological polar surface area (TPSA) is 64.6 Å². The maximum absolute atomic E-state index is 12.2. The minimum Gasteiger partial charge on any atom is -0.464 e. The number of nitrogens with one attached hydrogen (secondary N) is 1. The van der Waals surface area contributed by atoms with Crippen molar-refractivity contribution in [2.24, 2.45) is 5.92 Å². The Labute approximate surface area is 154 Å². The van der Waals surface area contributed by atoms with Gasteiger partial charge in [0, 0.05) is 0 Å². The van der Waals surface area contributed by atoms with E-state index in [9.17, 15) is 9.59 Å². The van der Waals surface area contributed by atoms with Gasteiger partial charge in [0.15, 0.2) is 0 Å². The van der Waals surface area contributed by atoms with Gasteiger partial charge in [-0.2, -0.15) is 0 Å². The lowest BCUT2D eigenvalue weighted by molar-refractivity contribution is -0.146. The first kappa shape index (κ1) is 23.7. The van der Waals surface area contributed by atoms with Crippen LogP contribution < -0.4 is 5.32 Å². The van der Waals surface area contributed by atoms with Gasteiger partial charge in [-0.3, -0.25) is 0 Å². The lowest BCUT2D eigenvalue weighted by Gasteiger charge is -2.19. The van der Waals surface area contributed by atoms with E-state index in [1.807, 2.05) is 20.8 Å². The normalized spacial score (nSPS) is 12.0. The number of carbonyl (C=O) groups excluding carboxylic acids is 2. The molecule has 0 bridgehead atoms. The number of esters is 1. The van der Waals surface area contributed by atoms with Crippen molar-refractivity contribution in [3.05, 3.63) is 0 Å². The molecule has 25 heavy (non-hydrogen) atoms. The van der Waals surface area contributed by atoms with E-state index in [1.54, 1.807) is 0 Å². The molecule has 0 radical (unpaired) electrons. The van der Waals surface area contributed by atoms with Gasteiger partial charge in [0.1, 0.15) is 6.04 Å². The summed E-state index contributed by atoms with van der Waals surface area (Å²) in [5.41, 5.74) is 0. The second-order valence-electron chi connectivity index (χ2n) is 7.10. The van der Waals surface area contributed by atoms with Crippen LogP contribution in [-0.2, 0) is 14.3 Å². The van der Waals surface area contributed by atoms with Crippen LogP contribution in [-0.4, -0.2) is 31.3 Å². The quantitative estimate of drug-likeness (QED) is 0.322. The van der Waals surface area contributed by atoms with Gasteiger partial charge in [0.2, 0.25) is 0 Å². The molecular weight excluding hydrogens is 318 g/mol. The van der Waals surface area contributed by atoms with Crippen molar-refractivity contribution < 1.29 is 19.1 Å². The van der Waals surface area contributed by atoms with Crippen molar-refractivity contribution in [3.8, 4) is 0 Å². The van der Waals surface area contributed by atoms with E-state index in [-0.39, 0.29) is 11.9 Å². The van der Waals surface area contributed by atoms with Gasteiger partial charge in [0.25, 0.3) is 0 Å². The van der Waals surface area contributed by atoms with Crippen LogP contribution in [0.1, 0.15) is 91.9 Å². The van der Waals surface area contributed by atoms with Crippen LogP contribution in [0, 0.1) is 5.92 Å². The molecule has 0 aromatic rings. The number of ether oxygens (including phenoxy) is 2. The summed E-state index contributed by atoms with van der Waals surface area (Å²) in [7, 11) is 0. The average Bonchev–Trinajstić information content (AvgIpc) is 2.56. The summed E-state index contributed by atoms with van der Waals surface area (Å²) in [6.07, 6.45) is 10.0. The number of hydrogen-bond donors (Lipinski definition) is 1. The predicted molar refractivity (Wildman–Crippen MR) is 102 cm³/mol. The van der Waals surface area contributed by atoms with Crippen molar-refractivity contribution in [2.45, 2.75) is 97.9 Å². The largest absolute Gasteiger partial charge is 0.464 e. The molecule has 148 valence electrons. The van der Waals surface area contributed by atoms with Gasteiger partial charge in [-0.1, -0.05) is 72.6 Å². The van der Waals surface area contributed by atoms with Crippen molar-refractivity contribution in [2.75, 3.05) is 13.2 Å². The molecule has 1 unspecified atom stereocenters. The fourth-order valence-electron chi connectivity index (χ4n) is 2.51. The molecule has 0 aliphatic carbocycles. The summed E-state index contributed by atoms with van der Waals surface area (Å²) >= 11 is 0. The van der Waals surface area contributed by atoms with Gasteiger partial charge in [-0.15, -0.1) is 0 Å². The lowest BCUT2D eigenvalue weighted by atomic mass is 10.0. The first-order valence-electron chi connectivity index (χ1n) is 10.1. The first-order valence-corrected chi connectivity index (χ1v) is 10.1. The van der Waals surface area contributed by atoms with Crippen LogP contribution >= 0.6 is 0 Å². The molecule has 0 spiro atoms. The molecule has 1 amide bonds. The zero-order valence-electron chi connectivity index (χ0n) is 16.8. The molecular formula is C20H39NO4. The fourth-order valence-corrected chi connectivity index (χ4v) is 2.51. The monoisotopic (exact) mass is 357 g/mol. The van der Waals surface area contributed by atoms with Gasteiger partial charge >= 0.3 is 12.1 Å². The van der Waals surface area contributed by atoms with Crippen LogP contribution in [0.25, 0.3) is 0 Å². The SMILES string of the molecule is CCCCCCCCCOC(=O)C(CC(C)C)NC(=O)OCCCC. The van der Waals surface area contributed by atoms with Crippen LogP contribution in [0.5, 0.6) is 0 Å². The minimum atomic E-state index is -0.626. The van der Waals surface area contributed by atoms with Crippen LogP contribution in [0.2, 0.25) is 0 Å². The number of amides is 1. The van der Waals surface area contributed by atoms with Crippen LogP contribution in [0.15, 0.2) is 0 Å². The Morgan fingerprint density at radius 2 is 1.36 bits per heavy atom. The summed E-state index contributed by atoms with van der Waals surface area (Å²) in [5, 5.41) is 2.65. The maximum Gasteiger partial charge on any atom is 0.407 e. The van der Waals surface area contributed by atoms with E-state index in [0.29, 0.717) is 19.6 Å². The first-order chi connectivity index (χ1) is 12.0. The minimum absolute atomic E-state index is 0.284. The molecule has 0 heterocycles. The Morgan fingerprint density at radius 3 is 1.96 bits per heavy atom. The summed E-state index contributed by atoms with van der Waals surface area (Å²) in [6, 6.07) is -0.626. The van der Waals surface area contributed by atoms with Crippen LogP contribution in [0.4, 0.5) is 4.79 Å². The summed E-state index contributed by atoms with van der Waals surface area (Å²) in [4.78, 5) is 24.0. The van der Waals surface area contributed by atoms with Gasteiger partial charge in [0.05, 0.1) is 13.2 Å². The third kappa shape index (κ3) is 14.8. The van der Waals surface area contributed by atoms with E-state index in [2.05, 4.69) is 12.2 Å². The highest BCUT2D eigenvalue weighted by molar-refractivity contribution is 5.81. The van der Waals surface area contributed by atoms with Crippen molar-refractivity contribution in [1.82, 2.24) is 5.32 Å². The van der Waals surface area contributed by atoms with E-state index in [0.717, 1.165) is 25.7 Å². The Kier molecular flexibility index (Phi) is 15.4. The van der Waals surface area contributed by atoms with Crippen molar-refractivity contribution in [3.63, 3.8) is 0 Å². The summed E-state index contributed by atoms with van der Waals surface area (Å²) < 4.78 is 10.4. The number of alkyl carbamates (subject to hydrolysis) is 1. The van der Waals surface area contributed by atoms with Crippen LogP contribution in [0.3, 0.4) is 0 Å². The van der Waals surface area contributed by atoms with Crippen molar-refractivity contribution in [1.29, 1.82) is 0 Å². The molecule has 0 rings (SSSR count). The zero-order valence-corrected chi connectivity index (χ0v) is 16.8. The predicted octanol–water partition coefficient (Wildman–Crippen LogP) is 5.22. The number of carbonyl (C=O) groups is 2. The molecule has 0 saturated carbocycles. The summed E-state index contributed by atoms with van der Waals surface area (Å²) in [6.45, 7) is 9.07. The van der Waals surface area contributed by atoms with Gasteiger partial charge in [-0.25, -0.2) is 9.59 Å². The van der Waals surface area contributed by atoms with E-state index < -0.39 is 12.1 Å². The molecule has 0 saturated heterocycles. The Hall–Kier alpha value is -1.26. The number of unbranched alkanes of at least 4 members (excludes halogenated alkanes) is 7. The molecule has 1 atom stereocenters. The second kappa shape index (κ2) is 16.2. The molecule has 5 nitrogen and oxygen atoms in total. The van der Waals surface area contributed by atoms with E-state index in [4.69, 9.17) is 9.47 Å². The molecule has 0 aromatic carbocycles. The Morgan fingerprint density at radius 1 is 0.800 bits per heavy atom. The fraction of sp³-hybridized carbons (Fsp3) is 0.900. The standard InChI is InChI=1S/C20H39NO4/c1-5-7-9-10-11-12-13-15-24-19(22)18(16-17(3)4)21-20(23)25-14-8-6-2/h17-18H,5-16H2,1-4H3,(H,21,23). The highest BCUT2D eigenvalue weighted by atomic mass is 16.6. The maximum atomic E-state index is 12.2. The lowest BCUT2D eigenvalue weighted by Crippen LogP contribution is -2.43. The van der Waals surface area contributed by atoms with Gasteiger partial charge in [-0.05, 0) is 25.2 Å². The molecule has 5 heteroatoms. The smallest absolute Gasteiger partial charge is 0.407 e. The second-order valence-corrected chi connectivity index (χ2v) is 7.10. The van der Waals surface area contributed by atoms with E-state index in [1.165, 1.54) is 32.1 Å². The molecule has 0 aliphatic heterocycles. The molecule has 0 aromatic heterocycles. The molecule has 1 N–H and O–H groups in total. The Bertz CT molecular complexity index is 345. The van der Waals surface area contributed by atoms with Gasteiger partial charge < -0.3 is 14.8 Å². The Balaban J connectivity index is 4.03. The third-order valence-electron chi connectivity index (χ3n) is 4.01. The average molecular weight is 358 g/mol. The highest BCUT2D eigenvalue weighted by Gasteiger charge is 2.23. The summed E-state index contributed by atoms with van der Waals surface area (Å²) in [5.74, 6) is -0.0702. The third-order valence-corrected chi connectivity index (χ3v) is 4.01. The van der Waals surface area contributed by atoms with E-state index >= 15 is 0 Å². The molecule has 0 aliphatic rings. The zero-order chi connectivity index (χ0) is 18.9. The van der Waals surface area contributed by atoms with Crippen molar-refractivity contribution >= 4 is 12.1 Å². The molecule has 0 fully saturated rings. The number of hydrogen-bond acceptors (Lipinski definition) is 4. The highest BCUT2D eigenvalue weighted by Crippen LogP contribution is 2.09.